The second kappa shape index (κ2) is 25.0. The van der Waals surface area contributed by atoms with Crippen molar-refractivity contribution in [3.05, 3.63) is 65.7 Å². The quantitative estimate of drug-likeness (QED) is 0.0784. The van der Waals surface area contributed by atoms with E-state index in [2.05, 4.69) is 17.1 Å². The Bertz CT molecular complexity index is 1100. The molecule has 0 aliphatic heterocycles. The Balaban J connectivity index is 0. The highest BCUT2D eigenvalue weighted by molar-refractivity contribution is 5.75. The Kier molecular flexibility index (Phi) is 23.5. The van der Waals surface area contributed by atoms with E-state index in [1.807, 2.05) is 18.2 Å². The predicted molar refractivity (Wildman–Crippen MR) is 161 cm³/mol. The molecule has 0 amide bonds. The molecule has 2 aromatic carbocycles. The monoisotopic (exact) mass is 608 g/mol. The van der Waals surface area contributed by atoms with Gasteiger partial charge in [0, 0.05) is 19.4 Å². The molecule has 2 rings (SSSR count). The summed E-state index contributed by atoms with van der Waals surface area (Å²) >= 11 is 0. The maximum absolute atomic E-state index is 10.2. The van der Waals surface area contributed by atoms with Crippen LogP contribution in [-0.4, -0.2) is 80.5 Å². The van der Waals surface area contributed by atoms with Gasteiger partial charge in [-0.1, -0.05) is 42.5 Å². The van der Waals surface area contributed by atoms with E-state index < -0.39 is 36.0 Å². The molecule has 15 nitrogen and oxygen atoms in total. The molecule has 0 unspecified atom stereocenters. The van der Waals surface area contributed by atoms with E-state index in [-0.39, 0.29) is 31.0 Å². The van der Waals surface area contributed by atoms with Gasteiger partial charge < -0.3 is 54.2 Å². The van der Waals surface area contributed by atoms with Crippen molar-refractivity contribution in [2.75, 3.05) is 13.1 Å². The number of nitrogens with zero attached hydrogens (tertiary/aromatic N) is 1. The molecule has 15 N–H and O–H groups in total. The molecule has 2 aromatic rings. The highest BCUT2D eigenvalue weighted by Crippen LogP contribution is 2.10. The Hall–Kier alpha value is -4.73. The van der Waals surface area contributed by atoms with Crippen LogP contribution in [0.2, 0.25) is 0 Å². The minimum absolute atomic E-state index is 0.0129. The molecule has 0 heterocycles. The van der Waals surface area contributed by atoms with Gasteiger partial charge in [0.05, 0.1) is 0 Å². The summed E-state index contributed by atoms with van der Waals surface area (Å²) in [6.07, 6.45) is 2.36. The van der Waals surface area contributed by atoms with Crippen LogP contribution in [0.1, 0.15) is 43.2 Å². The van der Waals surface area contributed by atoms with Crippen molar-refractivity contribution >= 4 is 29.8 Å². The first kappa shape index (κ1) is 40.4. The molecule has 0 saturated heterocycles. The summed E-state index contributed by atoms with van der Waals surface area (Å²) in [5, 5.41) is 42.0. The van der Waals surface area contributed by atoms with Crippen LogP contribution < -0.4 is 28.7 Å². The van der Waals surface area contributed by atoms with Gasteiger partial charge in [-0.2, -0.15) is 0 Å². The number of carboxylic acid groups (broad SMARTS) is 4. The van der Waals surface area contributed by atoms with Crippen LogP contribution in [-0.2, 0) is 32.0 Å². The predicted octanol–water partition coefficient (Wildman–Crippen LogP) is 0.312. The third-order valence-corrected chi connectivity index (χ3v) is 5.11. The lowest BCUT2D eigenvalue weighted by molar-refractivity contribution is -0.140. The standard InChI is InChI=1S/C9H10O3.C8H11N.C6H14N4O2.C5H9NO4/c10-8-4-1-7(2-5-8)3-6-9(11)12;9-7-6-8-4-2-1-3-5-8;7-4(5(11)12)2-1-3-10-6(8)9;6-3(5(9)10)1-2-4(7)8/h1-2,4-5,10H,3,6H2,(H,11,12);1-5H,6-7,9H2;4H,1-3,7H2,(H,11,12)(H4,8,9,10);3H,1-2,6H2,(H,7,8)(H,9,10)/t;;4-;3-/m..01/s1. The average molecular weight is 609 g/mol. The van der Waals surface area contributed by atoms with E-state index in [1.54, 1.807) is 24.3 Å². The van der Waals surface area contributed by atoms with Crippen LogP contribution in [0.25, 0.3) is 0 Å². The first-order valence-electron chi connectivity index (χ1n) is 13.2. The van der Waals surface area contributed by atoms with Gasteiger partial charge in [0.2, 0.25) is 0 Å². The fraction of sp³-hybridized carbons (Fsp3) is 0.393. The second-order valence-corrected chi connectivity index (χ2v) is 8.86. The van der Waals surface area contributed by atoms with Gasteiger partial charge in [-0.15, -0.1) is 0 Å². The zero-order valence-electron chi connectivity index (χ0n) is 23.9. The molecule has 0 fully saturated rings. The molecular weight excluding hydrogens is 564 g/mol. The van der Waals surface area contributed by atoms with Gasteiger partial charge in [-0.05, 0) is 61.9 Å². The third kappa shape index (κ3) is 27.2. The molecule has 0 aliphatic rings. The van der Waals surface area contributed by atoms with Crippen molar-refractivity contribution in [1.82, 2.24) is 0 Å². The highest BCUT2D eigenvalue weighted by atomic mass is 16.4. The summed E-state index contributed by atoms with van der Waals surface area (Å²) in [5.74, 6) is -3.78. The lowest BCUT2D eigenvalue weighted by atomic mass is 10.1. The van der Waals surface area contributed by atoms with E-state index in [0.29, 0.717) is 25.8 Å². The van der Waals surface area contributed by atoms with Gasteiger partial charge in [-0.3, -0.25) is 24.2 Å². The Morgan fingerprint density at radius 2 is 1.19 bits per heavy atom. The number of aryl methyl sites for hydroxylation is 1. The average Bonchev–Trinajstić information content (AvgIpc) is 2.95. The number of rotatable bonds is 14. The largest absolute Gasteiger partial charge is 0.508 e. The van der Waals surface area contributed by atoms with E-state index in [9.17, 15) is 19.2 Å². The van der Waals surface area contributed by atoms with Gasteiger partial charge >= 0.3 is 23.9 Å². The van der Waals surface area contributed by atoms with Crippen LogP contribution in [0, 0.1) is 0 Å². The molecule has 0 aromatic heterocycles. The fourth-order valence-corrected chi connectivity index (χ4v) is 2.77. The van der Waals surface area contributed by atoms with Crippen molar-refractivity contribution in [2.45, 2.75) is 57.0 Å². The number of guanidine groups is 1. The Morgan fingerprint density at radius 3 is 1.63 bits per heavy atom. The summed E-state index contributed by atoms with van der Waals surface area (Å²) in [6.45, 7) is 1.16. The highest BCUT2D eigenvalue weighted by Gasteiger charge is 2.12. The molecule has 0 aliphatic carbocycles. The maximum Gasteiger partial charge on any atom is 0.320 e. The number of hydrogen-bond donors (Lipinski definition) is 10. The lowest BCUT2D eigenvalue weighted by Crippen LogP contribution is -2.30. The van der Waals surface area contributed by atoms with Crippen LogP contribution >= 0.6 is 0 Å². The lowest BCUT2D eigenvalue weighted by Gasteiger charge is -2.03. The number of carbonyl (C=O) groups is 4. The minimum atomic E-state index is -1.17. The van der Waals surface area contributed by atoms with Crippen LogP contribution in [0.5, 0.6) is 5.75 Å². The van der Waals surface area contributed by atoms with E-state index >= 15 is 0 Å². The first-order chi connectivity index (χ1) is 20.2. The van der Waals surface area contributed by atoms with Gasteiger partial charge in [-0.25, -0.2) is 0 Å². The maximum atomic E-state index is 10.2. The van der Waals surface area contributed by atoms with Crippen LogP contribution in [0.3, 0.4) is 0 Å². The van der Waals surface area contributed by atoms with Crippen LogP contribution in [0.15, 0.2) is 59.6 Å². The number of aliphatic carboxylic acids is 4. The van der Waals surface area contributed by atoms with Crippen molar-refractivity contribution in [3.63, 3.8) is 0 Å². The summed E-state index contributed by atoms with van der Waals surface area (Å²) in [7, 11) is 0. The molecule has 2 atom stereocenters. The second-order valence-electron chi connectivity index (χ2n) is 8.86. The number of nitrogens with two attached hydrogens (primary N) is 5. The zero-order chi connectivity index (χ0) is 33.2. The minimum Gasteiger partial charge on any atom is -0.508 e. The van der Waals surface area contributed by atoms with Crippen molar-refractivity contribution < 1.29 is 44.7 Å². The van der Waals surface area contributed by atoms with E-state index in [0.717, 1.165) is 18.5 Å². The summed E-state index contributed by atoms with van der Waals surface area (Å²) in [6, 6.07) is 14.9. The molecule has 0 spiro atoms. The van der Waals surface area contributed by atoms with Crippen molar-refractivity contribution in [1.29, 1.82) is 0 Å². The van der Waals surface area contributed by atoms with Gasteiger partial charge in [0.1, 0.15) is 17.8 Å². The molecule has 240 valence electrons. The number of benzene rings is 2. The smallest absolute Gasteiger partial charge is 0.320 e. The Morgan fingerprint density at radius 1 is 0.698 bits per heavy atom. The molecule has 15 heteroatoms. The summed E-state index contributed by atoms with van der Waals surface area (Å²) in [5.41, 5.74) is 27.9. The molecule has 0 bridgehead atoms. The normalized spacial score (nSPS) is 11.0. The van der Waals surface area contributed by atoms with Gasteiger partial charge in [0.25, 0.3) is 0 Å². The fourth-order valence-electron chi connectivity index (χ4n) is 2.77. The van der Waals surface area contributed by atoms with E-state index in [4.69, 9.17) is 54.2 Å². The SMILES string of the molecule is NC(N)=NCCC[C@H](N)C(=O)O.NCCc1ccccc1.N[C@H](CCC(=O)O)C(=O)O.O=C(O)CCc1ccc(O)cc1. The van der Waals surface area contributed by atoms with E-state index in [1.165, 1.54) is 5.56 Å². The topological polar surface area (TPSA) is 312 Å². The molecule has 0 radical (unpaired) electrons. The molecule has 43 heavy (non-hydrogen) atoms. The van der Waals surface area contributed by atoms with Crippen molar-refractivity contribution in [2.24, 2.45) is 33.7 Å². The van der Waals surface area contributed by atoms with Gasteiger partial charge in [0.15, 0.2) is 5.96 Å². The number of aliphatic imine (C=N–C) groups is 1. The summed E-state index contributed by atoms with van der Waals surface area (Å²) < 4.78 is 0. The summed E-state index contributed by atoms with van der Waals surface area (Å²) in [4.78, 5) is 44.0. The third-order valence-electron chi connectivity index (χ3n) is 5.11. The zero-order valence-corrected chi connectivity index (χ0v) is 23.9. The van der Waals surface area contributed by atoms with Crippen LogP contribution in [0.4, 0.5) is 0 Å². The number of carboxylic acids is 4. The Labute approximate surface area is 250 Å². The number of phenolic OH excluding ortho intramolecular Hbond substituents is 1. The number of hydrogen-bond acceptors (Lipinski definition) is 9. The molecule has 0 saturated carbocycles. The molecular formula is C28H44N6O9. The van der Waals surface area contributed by atoms with Crippen molar-refractivity contribution in [3.8, 4) is 5.75 Å². The number of phenols is 1. The first-order valence-corrected chi connectivity index (χ1v) is 13.2. The number of aromatic hydroxyl groups is 1.